The summed E-state index contributed by atoms with van der Waals surface area (Å²) >= 11 is 0. The van der Waals surface area contributed by atoms with E-state index in [1.807, 2.05) is 100 Å². The zero-order valence-electron chi connectivity index (χ0n) is 25.9. The van der Waals surface area contributed by atoms with E-state index in [4.69, 9.17) is 19.2 Å². The summed E-state index contributed by atoms with van der Waals surface area (Å²) in [5.74, 6) is 1.85. The van der Waals surface area contributed by atoms with Crippen molar-refractivity contribution >= 4 is 44.6 Å². The van der Waals surface area contributed by atoms with Gasteiger partial charge in [-0.15, -0.1) is 0 Å². The molecule has 0 aliphatic carbocycles. The number of benzene rings is 4. The number of anilines is 4. The van der Waals surface area contributed by atoms with Crippen LogP contribution in [0.25, 0.3) is 33.1 Å². The molecule has 0 aliphatic heterocycles. The Labute approximate surface area is 262 Å². The molecule has 0 saturated carbocycles. The fourth-order valence-electron chi connectivity index (χ4n) is 5.20. The molecule has 228 valence electrons. The number of nitrogens with one attached hydrogen (secondary N) is 2. The largest absolute Gasteiger partial charge is 0.497 e. The minimum Gasteiger partial charge on any atom is -0.497 e. The lowest BCUT2D eigenvalue weighted by Crippen LogP contribution is -2.05. The van der Waals surface area contributed by atoms with Crippen molar-refractivity contribution in [2.24, 2.45) is 0 Å². The molecule has 6 rings (SSSR count). The fourth-order valence-corrected chi connectivity index (χ4v) is 5.20. The quantitative estimate of drug-likeness (QED) is 0.162. The highest BCUT2D eigenvalue weighted by Crippen LogP contribution is 2.36. The average Bonchev–Trinajstić information content (AvgIpc) is 3.00. The predicted molar refractivity (Wildman–Crippen MR) is 180 cm³/mol. The average molecular weight is 603 g/mol. The first-order valence-corrected chi connectivity index (χ1v) is 14.9. The number of methoxy groups -OCH3 is 1. The number of halogens is 1. The summed E-state index contributed by atoms with van der Waals surface area (Å²) in [6, 6.07) is 27.9. The Morgan fingerprint density at radius 2 is 1.33 bits per heavy atom. The maximum absolute atomic E-state index is 14.1. The number of aromatic nitrogens is 2. The molecule has 0 amide bonds. The molecule has 2 aromatic heterocycles. The SMILES string of the molecule is COc1cc(Nc2ccnc3cc(OC(C)C)ccc23)cc(-c2cc(Nc3cccc(F)c3)c3ccc(OC(C)C)cc3n2)c1. The van der Waals surface area contributed by atoms with E-state index in [1.165, 1.54) is 12.1 Å². The molecule has 6 aromatic rings. The highest BCUT2D eigenvalue weighted by atomic mass is 19.1. The van der Waals surface area contributed by atoms with Crippen LogP contribution in [0.4, 0.5) is 27.1 Å². The minimum atomic E-state index is -0.318. The van der Waals surface area contributed by atoms with Crippen molar-refractivity contribution in [2.45, 2.75) is 39.9 Å². The lowest BCUT2D eigenvalue weighted by Gasteiger charge is -2.16. The van der Waals surface area contributed by atoms with Crippen LogP contribution >= 0.6 is 0 Å². The molecule has 2 N–H and O–H groups in total. The maximum atomic E-state index is 14.1. The van der Waals surface area contributed by atoms with Crippen LogP contribution in [-0.2, 0) is 0 Å². The van der Waals surface area contributed by atoms with Crippen molar-refractivity contribution in [1.82, 2.24) is 9.97 Å². The number of hydrogen-bond acceptors (Lipinski definition) is 7. The van der Waals surface area contributed by atoms with Crippen LogP contribution in [0.2, 0.25) is 0 Å². The van der Waals surface area contributed by atoms with Gasteiger partial charge in [-0.1, -0.05) is 6.07 Å². The Balaban J connectivity index is 1.43. The van der Waals surface area contributed by atoms with E-state index in [2.05, 4.69) is 15.6 Å². The van der Waals surface area contributed by atoms with Crippen molar-refractivity contribution < 1.29 is 18.6 Å². The van der Waals surface area contributed by atoms with Crippen LogP contribution in [0.3, 0.4) is 0 Å². The molecule has 8 heteroatoms. The lowest BCUT2D eigenvalue weighted by atomic mass is 10.1. The smallest absolute Gasteiger partial charge is 0.125 e. The van der Waals surface area contributed by atoms with Gasteiger partial charge in [0.05, 0.1) is 41.7 Å². The molecule has 0 unspecified atom stereocenters. The van der Waals surface area contributed by atoms with Crippen molar-refractivity contribution in [3.63, 3.8) is 0 Å². The minimum absolute atomic E-state index is 0.0149. The molecule has 0 fully saturated rings. The third-order valence-corrected chi connectivity index (χ3v) is 7.06. The van der Waals surface area contributed by atoms with Crippen LogP contribution in [-0.4, -0.2) is 29.3 Å². The summed E-state index contributed by atoms with van der Waals surface area (Å²) in [6.07, 6.45) is 1.86. The van der Waals surface area contributed by atoms with E-state index in [-0.39, 0.29) is 18.0 Å². The van der Waals surface area contributed by atoms with E-state index in [0.717, 1.165) is 55.9 Å². The Morgan fingerprint density at radius 3 is 2.02 bits per heavy atom. The zero-order chi connectivity index (χ0) is 31.5. The third-order valence-electron chi connectivity index (χ3n) is 7.06. The second-order valence-corrected chi connectivity index (χ2v) is 11.3. The summed E-state index contributed by atoms with van der Waals surface area (Å²) in [5, 5.41) is 8.79. The number of rotatable bonds is 10. The van der Waals surface area contributed by atoms with Gasteiger partial charge in [0.25, 0.3) is 0 Å². The highest BCUT2D eigenvalue weighted by molar-refractivity contribution is 5.97. The van der Waals surface area contributed by atoms with E-state index < -0.39 is 0 Å². The Hall–Kier alpha value is -5.37. The summed E-state index contributed by atoms with van der Waals surface area (Å²) in [5.41, 5.74) is 6.24. The number of hydrogen-bond donors (Lipinski definition) is 2. The van der Waals surface area contributed by atoms with Gasteiger partial charge >= 0.3 is 0 Å². The van der Waals surface area contributed by atoms with E-state index >= 15 is 0 Å². The van der Waals surface area contributed by atoms with Crippen molar-refractivity contribution in [2.75, 3.05) is 17.7 Å². The summed E-state index contributed by atoms with van der Waals surface area (Å²) in [7, 11) is 1.64. The van der Waals surface area contributed by atoms with Crippen LogP contribution in [0, 0.1) is 5.82 Å². The molecule has 0 radical (unpaired) electrons. The van der Waals surface area contributed by atoms with Crippen molar-refractivity contribution in [3.05, 3.63) is 103 Å². The molecular weight excluding hydrogens is 567 g/mol. The Kier molecular flexibility index (Phi) is 8.38. The molecule has 2 heterocycles. The topological polar surface area (TPSA) is 77.5 Å². The highest BCUT2D eigenvalue weighted by Gasteiger charge is 2.14. The molecule has 0 aliphatic rings. The van der Waals surface area contributed by atoms with Crippen LogP contribution in [0.5, 0.6) is 17.2 Å². The summed E-state index contributed by atoms with van der Waals surface area (Å²) in [6.45, 7) is 7.97. The maximum Gasteiger partial charge on any atom is 0.125 e. The number of pyridine rings is 2. The van der Waals surface area contributed by atoms with Gasteiger partial charge < -0.3 is 24.8 Å². The first-order valence-electron chi connectivity index (χ1n) is 14.9. The molecule has 0 atom stereocenters. The standard InChI is InChI=1S/C37H35FN4O3/c1-22(2)44-28-9-11-31-33(13-14-39-35(31)19-28)41-27-15-24(16-30(18-27)43-5)34-21-37(40-26-8-6-7-25(38)17-26)32-12-10-29(45-23(3)4)20-36(32)42-34/h6-23H,1-5H3,(H,39,41)(H,40,42). The summed E-state index contributed by atoms with van der Waals surface area (Å²) in [4.78, 5) is 9.60. The van der Waals surface area contributed by atoms with Gasteiger partial charge in [-0.05, 0) is 94.4 Å². The first-order chi connectivity index (χ1) is 21.7. The second-order valence-electron chi connectivity index (χ2n) is 11.3. The van der Waals surface area contributed by atoms with E-state index in [1.54, 1.807) is 19.4 Å². The normalized spacial score (nSPS) is 11.3. The molecule has 0 spiro atoms. The van der Waals surface area contributed by atoms with Crippen molar-refractivity contribution in [1.29, 1.82) is 0 Å². The van der Waals surface area contributed by atoms with Crippen LogP contribution in [0.15, 0.2) is 97.2 Å². The van der Waals surface area contributed by atoms with Gasteiger partial charge in [0.15, 0.2) is 0 Å². The fraction of sp³-hybridized carbons (Fsp3) is 0.189. The van der Waals surface area contributed by atoms with Gasteiger partial charge in [0.1, 0.15) is 23.1 Å². The molecule has 45 heavy (non-hydrogen) atoms. The van der Waals surface area contributed by atoms with E-state index in [9.17, 15) is 4.39 Å². The van der Waals surface area contributed by atoms with E-state index in [0.29, 0.717) is 17.1 Å². The molecular formula is C37H35FN4O3. The monoisotopic (exact) mass is 602 g/mol. The first kappa shape index (κ1) is 29.7. The van der Waals surface area contributed by atoms with Crippen LogP contribution < -0.4 is 24.8 Å². The number of ether oxygens (including phenoxy) is 3. The third kappa shape index (κ3) is 6.91. The van der Waals surface area contributed by atoms with Gasteiger partial charge in [-0.3, -0.25) is 4.98 Å². The Bertz CT molecular complexity index is 1990. The lowest BCUT2D eigenvalue weighted by molar-refractivity contribution is 0.242. The molecule has 7 nitrogen and oxygen atoms in total. The predicted octanol–water partition coefficient (Wildman–Crippen LogP) is 9.66. The molecule has 0 saturated heterocycles. The number of fused-ring (bicyclic) bond motifs is 2. The zero-order valence-corrected chi connectivity index (χ0v) is 25.9. The Morgan fingerprint density at radius 1 is 0.644 bits per heavy atom. The van der Waals surface area contributed by atoms with Gasteiger partial charge in [0, 0.05) is 57.8 Å². The molecule has 0 bridgehead atoms. The molecule has 4 aromatic carbocycles. The number of nitrogens with zero attached hydrogens (tertiary/aromatic N) is 2. The summed E-state index contributed by atoms with van der Waals surface area (Å²) < 4.78 is 31.6. The van der Waals surface area contributed by atoms with Crippen molar-refractivity contribution in [3.8, 4) is 28.5 Å². The second kappa shape index (κ2) is 12.7. The van der Waals surface area contributed by atoms with Crippen LogP contribution in [0.1, 0.15) is 27.7 Å². The van der Waals surface area contributed by atoms with Gasteiger partial charge in [0.2, 0.25) is 0 Å². The van der Waals surface area contributed by atoms with Gasteiger partial charge in [-0.25, -0.2) is 9.37 Å². The van der Waals surface area contributed by atoms with Gasteiger partial charge in [-0.2, -0.15) is 0 Å².